The Morgan fingerprint density at radius 1 is 0.879 bits per heavy atom. The lowest BCUT2D eigenvalue weighted by atomic mass is 9.93. The normalized spacial score (nSPS) is 17.7. The van der Waals surface area contributed by atoms with Gasteiger partial charge in [0, 0.05) is 35.2 Å². The van der Waals surface area contributed by atoms with Crippen LogP contribution in [0.2, 0.25) is 5.02 Å². The number of nitrogens with two attached hydrogens (primary N) is 1. The SMILES string of the molecule is C[C@@H]1NC(=O)[C@@H](N(C)C(=O)[C@H](CCCCN)NC(=O)c2ccc(-c3ccc(Cl)cc3)cc2)c2ccc(O)c(c2)-c2cc(ccc2O)C[C@@H](C(=O)N[C@@H](C)C=O)NC1=O. The highest BCUT2D eigenvalue weighted by Gasteiger charge is 2.36. The quantitative estimate of drug-likeness (QED) is 0.0817. The summed E-state index contributed by atoms with van der Waals surface area (Å²) in [5, 5.41) is 33.3. The van der Waals surface area contributed by atoms with Gasteiger partial charge in [-0.25, -0.2) is 0 Å². The van der Waals surface area contributed by atoms with E-state index >= 15 is 0 Å². The highest BCUT2D eigenvalue weighted by molar-refractivity contribution is 6.30. The predicted octanol–water partition coefficient (Wildman–Crippen LogP) is 3.76. The molecule has 0 saturated carbocycles. The van der Waals surface area contributed by atoms with E-state index in [1.54, 1.807) is 42.5 Å². The van der Waals surface area contributed by atoms with Gasteiger partial charge in [-0.05, 0) is 110 Å². The Balaban J connectivity index is 1.50. The molecule has 15 heteroatoms. The number of fused-ring (bicyclic) bond motifs is 5. The van der Waals surface area contributed by atoms with Gasteiger partial charge in [-0.2, -0.15) is 0 Å². The van der Waals surface area contributed by atoms with E-state index in [1.807, 2.05) is 12.1 Å². The van der Waals surface area contributed by atoms with Gasteiger partial charge in [-0.1, -0.05) is 48.0 Å². The van der Waals surface area contributed by atoms with Crippen molar-refractivity contribution in [1.29, 1.82) is 0 Å². The third-order valence-corrected chi connectivity index (χ3v) is 10.2. The second kappa shape index (κ2) is 19.3. The van der Waals surface area contributed by atoms with Crippen LogP contribution in [0, 0.1) is 0 Å². The maximum absolute atomic E-state index is 14.5. The highest BCUT2D eigenvalue weighted by Crippen LogP contribution is 2.39. The van der Waals surface area contributed by atoms with Gasteiger partial charge in [-0.15, -0.1) is 0 Å². The van der Waals surface area contributed by atoms with Crippen LogP contribution in [0.25, 0.3) is 22.3 Å². The molecule has 8 N–H and O–H groups in total. The second-order valence-electron chi connectivity index (χ2n) is 14.3. The number of nitrogens with zero attached hydrogens (tertiary/aromatic N) is 1. The summed E-state index contributed by atoms with van der Waals surface area (Å²) >= 11 is 6.03. The lowest BCUT2D eigenvalue weighted by molar-refractivity contribution is -0.141. The van der Waals surface area contributed by atoms with E-state index in [4.69, 9.17) is 17.3 Å². The molecule has 14 nitrogen and oxygen atoms in total. The van der Waals surface area contributed by atoms with Crippen LogP contribution in [0.1, 0.15) is 60.6 Å². The summed E-state index contributed by atoms with van der Waals surface area (Å²) in [7, 11) is 1.39. The number of unbranched alkanes of at least 4 members (excludes halogenated alkanes) is 1. The molecular formula is C43H47ClN6O8. The molecule has 0 aromatic heterocycles. The predicted molar refractivity (Wildman–Crippen MR) is 219 cm³/mol. The Labute approximate surface area is 341 Å². The summed E-state index contributed by atoms with van der Waals surface area (Å²) in [6, 6.07) is 17.0. The highest BCUT2D eigenvalue weighted by atomic mass is 35.5. The van der Waals surface area contributed by atoms with Crippen molar-refractivity contribution < 1.29 is 39.0 Å². The summed E-state index contributed by atoms with van der Waals surface area (Å²) in [6.45, 7) is 3.24. The summed E-state index contributed by atoms with van der Waals surface area (Å²) < 4.78 is 0. The number of halogens is 1. The van der Waals surface area contributed by atoms with Gasteiger partial charge in [0.1, 0.15) is 42.0 Å². The number of aldehydes is 1. The fourth-order valence-corrected chi connectivity index (χ4v) is 6.82. The van der Waals surface area contributed by atoms with Crippen LogP contribution in [0.5, 0.6) is 11.5 Å². The zero-order valence-corrected chi connectivity index (χ0v) is 33.1. The first kappa shape index (κ1) is 42.9. The number of carbonyl (C=O) groups is 6. The van der Waals surface area contributed by atoms with Gasteiger partial charge in [0.25, 0.3) is 5.91 Å². The fourth-order valence-electron chi connectivity index (χ4n) is 6.70. The van der Waals surface area contributed by atoms with Crippen LogP contribution < -0.4 is 27.0 Å². The van der Waals surface area contributed by atoms with Crippen LogP contribution >= 0.6 is 11.6 Å². The number of phenols is 2. The van der Waals surface area contributed by atoms with Gasteiger partial charge in [-0.3, -0.25) is 24.0 Å². The molecule has 0 aliphatic carbocycles. The molecule has 4 aromatic carbocycles. The van der Waals surface area contributed by atoms with Crippen LogP contribution in [-0.4, -0.2) is 88.7 Å². The van der Waals surface area contributed by atoms with Gasteiger partial charge in [0.15, 0.2) is 0 Å². The van der Waals surface area contributed by atoms with E-state index in [9.17, 15) is 39.0 Å². The number of benzene rings is 4. The Bertz CT molecular complexity index is 2160. The van der Waals surface area contributed by atoms with E-state index in [1.165, 1.54) is 51.2 Å². The maximum Gasteiger partial charge on any atom is 0.251 e. The topological polar surface area (TPSA) is 220 Å². The summed E-state index contributed by atoms with van der Waals surface area (Å²) in [5.74, 6) is -3.80. The van der Waals surface area contributed by atoms with E-state index < -0.39 is 59.7 Å². The van der Waals surface area contributed by atoms with Gasteiger partial charge >= 0.3 is 0 Å². The van der Waals surface area contributed by atoms with Gasteiger partial charge in [0.2, 0.25) is 23.6 Å². The third kappa shape index (κ3) is 10.4. The molecule has 5 amide bonds. The van der Waals surface area contributed by atoms with E-state index in [2.05, 4.69) is 21.3 Å². The van der Waals surface area contributed by atoms with Crippen LogP contribution in [0.3, 0.4) is 0 Å². The molecule has 0 saturated heterocycles. The Morgan fingerprint density at radius 3 is 2.14 bits per heavy atom. The minimum atomic E-state index is -1.42. The number of nitrogens with one attached hydrogen (secondary N) is 4. The molecule has 5 atom stereocenters. The molecule has 1 aliphatic heterocycles. The largest absolute Gasteiger partial charge is 0.507 e. The zero-order valence-electron chi connectivity index (χ0n) is 32.3. The van der Waals surface area contributed by atoms with Gasteiger partial charge < -0.3 is 46.9 Å². The minimum Gasteiger partial charge on any atom is -0.507 e. The van der Waals surface area contributed by atoms with E-state index in [0.717, 1.165) is 16.0 Å². The molecule has 304 valence electrons. The zero-order chi connectivity index (χ0) is 42.1. The molecule has 0 spiro atoms. The van der Waals surface area contributed by atoms with E-state index in [-0.39, 0.29) is 41.0 Å². The smallest absolute Gasteiger partial charge is 0.251 e. The molecule has 4 bridgehead atoms. The third-order valence-electron chi connectivity index (χ3n) is 9.94. The van der Waals surface area contributed by atoms with Crippen molar-refractivity contribution in [3.05, 3.63) is 107 Å². The van der Waals surface area contributed by atoms with Crippen molar-refractivity contribution in [2.45, 2.75) is 69.7 Å². The average Bonchev–Trinajstić information content (AvgIpc) is 3.21. The standard InChI is InChI=1S/C43H47ClN6O8/c1-24(23-51)46-41(56)35-21-26-7-17-36(52)32(20-26)33-22-30(14-18-37(33)53)38(42(57)47-25(2)39(54)49-35)50(3)43(58)34(6-4-5-19-45)48-40(55)29-10-8-27(9-11-29)28-12-15-31(44)16-13-28/h7-18,20,22-25,34-35,38,52-53H,4-6,19,21,45H2,1-3H3,(H,46,56)(H,47,57)(H,48,55)(H,49,54)/t24-,25-,34-,35-,38-/m0/s1. The van der Waals surface area contributed by atoms with Crippen LogP contribution in [0.15, 0.2) is 84.9 Å². The second-order valence-corrected chi connectivity index (χ2v) is 14.7. The molecule has 0 fully saturated rings. The maximum atomic E-state index is 14.5. The van der Waals surface area contributed by atoms with Crippen molar-refractivity contribution in [1.82, 2.24) is 26.2 Å². The average molecular weight is 811 g/mol. The van der Waals surface area contributed by atoms with Crippen LogP contribution in [0.4, 0.5) is 0 Å². The van der Waals surface area contributed by atoms with Crippen LogP contribution in [-0.2, 0) is 30.4 Å². The molecule has 0 radical (unpaired) electrons. The number of carbonyl (C=O) groups excluding carboxylic acids is 6. The molecular weight excluding hydrogens is 764 g/mol. The van der Waals surface area contributed by atoms with Crippen molar-refractivity contribution in [2.75, 3.05) is 13.6 Å². The Hall–Kier alpha value is -6.25. The van der Waals surface area contributed by atoms with Crippen molar-refractivity contribution >= 4 is 47.4 Å². The first-order chi connectivity index (χ1) is 27.7. The summed E-state index contributed by atoms with van der Waals surface area (Å²) in [5.41, 5.74) is 8.79. The number of aromatic hydroxyl groups is 2. The number of rotatable bonds is 12. The Morgan fingerprint density at radius 2 is 1.50 bits per heavy atom. The van der Waals surface area contributed by atoms with Crippen molar-refractivity contribution in [2.24, 2.45) is 5.73 Å². The summed E-state index contributed by atoms with van der Waals surface area (Å²) in [4.78, 5) is 81.7. The molecule has 58 heavy (non-hydrogen) atoms. The lowest BCUT2D eigenvalue weighted by Gasteiger charge is -2.32. The monoisotopic (exact) mass is 810 g/mol. The first-order valence-corrected chi connectivity index (χ1v) is 19.2. The number of hydrogen-bond donors (Lipinski definition) is 7. The number of amides is 5. The fraction of sp³-hybridized carbons (Fsp3) is 0.302. The minimum absolute atomic E-state index is 0.0683. The molecule has 5 rings (SSSR count). The lowest BCUT2D eigenvalue weighted by Crippen LogP contribution is -2.56. The number of hydrogen-bond acceptors (Lipinski definition) is 9. The molecule has 4 aromatic rings. The number of phenolic OH excluding ortho intramolecular Hbond substituents is 2. The molecule has 1 heterocycles. The molecule has 1 aliphatic rings. The van der Waals surface area contributed by atoms with E-state index in [0.29, 0.717) is 41.8 Å². The Kier molecular flexibility index (Phi) is 14.2. The number of likely N-dealkylation sites (N-methyl/N-ethyl adjacent to an activating group) is 1. The van der Waals surface area contributed by atoms with Gasteiger partial charge in [0.05, 0.1) is 6.04 Å². The first-order valence-electron chi connectivity index (χ1n) is 18.9. The van der Waals surface area contributed by atoms with Crippen molar-refractivity contribution in [3.8, 4) is 33.8 Å². The molecule has 0 unspecified atom stereocenters. The van der Waals surface area contributed by atoms with Crippen molar-refractivity contribution in [3.63, 3.8) is 0 Å². The summed E-state index contributed by atoms with van der Waals surface area (Å²) in [6.07, 6.45) is 1.69.